The second kappa shape index (κ2) is 11.0. The van der Waals surface area contributed by atoms with E-state index in [1.54, 1.807) is 19.4 Å². The summed E-state index contributed by atoms with van der Waals surface area (Å²) < 4.78 is 20.3. The lowest BCUT2D eigenvalue weighted by Gasteiger charge is -2.26. The summed E-state index contributed by atoms with van der Waals surface area (Å²) in [6.07, 6.45) is 4.14. The molecule has 148 valence electrons. The van der Waals surface area contributed by atoms with Crippen LogP contribution in [0.3, 0.4) is 0 Å². The minimum Gasteiger partial charge on any atom is -0.468 e. The van der Waals surface area contributed by atoms with Crippen LogP contribution in [0, 0.1) is 5.82 Å². The molecule has 5 nitrogen and oxygen atoms in total. The molecule has 0 aliphatic carbocycles. The van der Waals surface area contributed by atoms with Crippen LogP contribution in [0.15, 0.2) is 50.5 Å². The maximum atomic E-state index is 14.0. The summed E-state index contributed by atoms with van der Waals surface area (Å²) >= 11 is 3.27. The second-order valence-corrected chi connectivity index (χ2v) is 7.23. The zero-order chi connectivity index (χ0) is 18.4. The number of hydrogen-bond acceptors (Lipinski definition) is 3. The summed E-state index contributed by atoms with van der Waals surface area (Å²) in [5.41, 5.74) is 0.596. The third-order valence-electron chi connectivity index (χ3n) is 4.60. The lowest BCUT2D eigenvalue weighted by molar-refractivity contribution is 0.215. The summed E-state index contributed by atoms with van der Waals surface area (Å²) in [6, 6.07) is 9.15. The SMILES string of the molecule is CN=C(NCc1ccc(Br)cc1F)NCC(c1ccco1)N1CCCC1.I. The van der Waals surface area contributed by atoms with Gasteiger partial charge in [-0.15, -0.1) is 24.0 Å². The van der Waals surface area contributed by atoms with Gasteiger partial charge in [-0.25, -0.2) is 4.39 Å². The molecule has 2 heterocycles. The summed E-state index contributed by atoms with van der Waals surface area (Å²) in [5.74, 6) is 1.35. The van der Waals surface area contributed by atoms with Gasteiger partial charge < -0.3 is 15.1 Å². The van der Waals surface area contributed by atoms with Crippen LogP contribution < -0.4 is 10.6 Å². The Kier molecular flexibility index (Phi) is 9.04. The molecule has 3 rings (SSSR count). The molecule has 1 fully saturated rings. The number of guanidine groups is 1. The first-order valence-corrected chi connectivity index (χ1v) is 9.62. The fourth-order valence-corrected chi connectivity index (χ4v) is 3.53. The van der Waals surface area contributed by atoms with E-state index in [0.717, 1.165) is 23.3 Å². The Bertz CT molecular complexity index is 735. The van der Waals surface area contributed by atoms with Gasteiger partial charge in [0.25, 0.3) is 0 Å². The highest BCUT2D eigenvalue weighted by atomic mass is 127. The van der Waals surface area contributed by atoms with Crippen molar-refractivity contribution in [2.24, 2.45) is 4.99 Å². The highest BCUT2D eigenvalue weighted by Crippen LogP contribution is 2.24. The van der Waals surface area contributed by atoms with Crippen molar-refractivity contribution < 1.29 is 8.81 Å². The van der Waals surface area contributed by atoms with E-state index in [9.17, 15) is 4.39 Å². The number of likely N-dealkylation sites (tertiary alicyclic amines) is 1. The number of aliphatic imine (C=N–C) groups is 1. The standard InChI is InChI=1S/C19H24BrFN4O.HI/c1-22-19(23-12-14-6-7-15(20)11-16(14)21)24-13-17(18-5-4-10-26-18)25-8-2-3-9-25;/h4-7,10-11,17H,2-3,8-9,12-13H2,1H3,(H2,22,23,24);1H. The monoisotopic (exact) mass is 550 g/mol. The molecule has 1 aromatic carbocycles. The van der Waals surface area contributed by atoms with Gasteiger partial charge in [-0.3, -0.25) is 9.89 Å². The molecule has 1 saturated heterocycles. The van der Waals surface area contributed by atoms with Gasteiger partial charge in [0.1, 0.15) is 11.6 Å². The van der Waals surface area contributed by atoms with Gasteiger partial charge in [0.05, 0.1) is 12.3 Å². The van der Waals surface area contributed by atoms with E-state index in [4.69, 9.17) is 4.42 Å². The first kappa shape index (κ1) is 22.2. The Hall–Kier alpha value is -1.13. The van der Waals surface area contributed by atoms with E-state index in [0.29, 0.717) is 24.6 Å². The third kappa shape index (κ3) is 6.18. The number of rotatable bonds is 6. The zero-order valence-electron chi connectivity index (χ0n) is 15.3. The maximum absolute atomic E-state index is 14.0. The number of nitrogens with zero attached hydrogens (tertiary/aromatic N) is 2. The van der Waals surface area contributed by atoms with Gasteiger partial charge in [-0.2, -0.15) is 0 Å². The van der Waals surface area contributed by atoms with Gasteiger partial charge in [0.15, 0.2) is 5.96 Å². The number of halogens is 3. The van der Waals surface area contributed by atoms with Crippen molar-refractivity contribution in [2.45, 2.75) is 25.4 Å². The van der Waals surface area contributed by atoms with Crippen molar-refractivity contribution in [3.05, 3.63) is 58.2 Å². The molecule has 1 aromatic heterocycles. The molecule has 0 saturated carbocycles. The minimum absolute atomic E-state index is 0. The first-order chi connectivity index (χ1) is 12.7. The van der Waals surface area contributed by atoms with Crippen LogP contribution in [0.2, 0.25) is 0 Å². The second-order valence-electron chi connectivity index (χ2n) is 6.32. The van der Waals surface area contributed by atoms with Crippen molar-refractivity contribution in [1.82, 2.24) is 15.5 Å². The number of nitrogens with one attached hydrogen (secondary N) is 2. The van der Waals surface area contributed by atoms with Crippen LogP contribution in [0.1, 0.15) is 30.2 Å². The van der Waals surface area contributed by atoms with Gasteiger partial charge in [0.2, 0.25) is 0 Å². The van der Waals surface area contributed by atoms with Crippen LogP contribution in [0.5, 0.6) is 0 Å². The van der Waals surface area contributed by atoms with Crippen molar-refractivity contribution in [1.29, 1.82) is 0 Å². The predicted molar refractivity (Wildman–Crippen MR) is 120 cm³/mol. The van der Waals surface area contributed by atoms with Gasteiger partial charge in [-0.1, -0.05) is 22.0 Å². The molecule has 1 aliphatic heterocycles. The smallest absolute Gasteiger partial charge is 0.191 e. The Labute approximate surface area is 184 Å². The predicted octanol–water partition coefficient (Wildman–Crippen LogP) is 4.30. The molecule has 0 amide bonds. The van der Waals surface area contributed by atoms with Crippen LogP contribution in [-0.2, 0) is 6.54 Å². The lowest BCUT2D eigenvalue weighted by Crippen LogP contribution is -2.42. The quantitative estimate of drug-likeness (QED) is 0.320. The fourth-order valence-electron chi connectivity index (χ4n) is 3.20. The Morgan fingerprint density at radius 2 is 2.07 bits per heavy atom. The number of furan rings is 1. The van der Waals surface area contributed by atoms with E-state index in [-0.39, 0.29) is 35.8 Å². The molecule has 1 atom stereocenters. The minimum atomic E-state index is -0.243. The lowest BCUT2D eigenvalue weighted by atomic mass is 10.2. The van der Waals surface area contributed by atoms with Crippen molar-refractivity contribution in [2.75, 3.05) is 26.7 Å². The van der Waals surface area contributed by atoms with Crippen molar-refractivity contribution >= 4 is 45.9 Å². The van der Waals surface area contributed by atoms with E-state index < -0.39 is 0 Å². The van der Waals surface area contributed by atoms with Crippen molar-refractivity contribution in [3.63, 3.8) is 0 Å². The maximum Gasteiger partial charge on any atom is 0.191 e. The summed E-state index contributed by atoms with van der Waals surface area (Å²) in [4.78, 5) is 6.67. The molecule has 2 N–H and O–H groups in total. The number of benzene rings is 1. The highest BCUT2D eigenvalue weighted by molar-refractivity contribution is 14.0. The zero-order valence-corrected chi connectivity index (χ0v) is 19.2. The van der Waals surface area contributed by atoms with E-state index in [1.165, 1.54) is 18.9 Å². The molecule has 27 heavy (non-hydrogen) atoms. The fraction of sp³-hybridized carbons (Fsp3) is 0.421. The average Bonchev–Trinajstić information content (AvgIpc) is 3.33. The van der Waals surface area contributed by atoms with E-state index >= 15 is 0 Å². The Morgan fingerprint density at radius 3 is 2.70 bits per heavy atom. The molecule has 2 aromatic rings. The Morgan fingerprint density at radius 1 is 1.30 bits per heavy atom. The molecule has 0 radical (unpaired) electrons. The third-order valence-corrected chi connectivity index (χ3v) is 5.09. The molecular formula is C19H25BrFIN4O. The first-order valence-electron chi connectivity index (χ1n) is 8.83. The molecular weight excluding hydrogens is 526 g/mol. The van der Waals surface area contributed by atoms with Crippen LogP contribution >= 0.6 is 39.9 Å². The summed E-state index contributed by atoms with van der Waals surface area (Å²) in [6.45, 7) is 3.19. The largest absolute Gasteiger partial charge is 0.468 e. The van der Waals surface area contributed by atoms with Crippen LogP contribution in [0.25, 0.3) is 0 Å². The normalized spacial score (nSPS) is 16.0. The molecule has 0 spiro atoms. The molecule has 1 unspecified atom stereocenters. The average molecular weight is 551 g/mol. The van der Waals surface area contributed by atoms with Gasteiger partial charge in [-0.05, 0) is 50.2 Å². The molecule has 0 bridgehead atoms. The topological polar surface area (TPSA) is 52.8 Å². The highest BCUT2D eigenvalue weighted by Gasteiger charge is 2.25. The molecule has 1 aliphatic rings. The van der Waals surface area contributed by atoms with E-state index in [2.05, 4.69) is 36.5 Å². The molecule has 8 heteroatoms. The number of hydrogen-bond donors (Lipinski definition) is 2. The van der Waals surface area contributed by atoms with Gasteiger partial charge >= 0.3 is 0 Å². The van der Waals surface area contributed by atoms with Crippen molar-refractivity contribution in [3.8, 4) is 0 Å². The Balaban J connectivity index is 0.00000261. The van der Waals surface area contributed by atoms with Gasteiger partial charge in [0, 0.05) is 30.2 Å². The van der Waals surface area contributed by atoms with Crippen LogP contribution in [0.4, 0.5) is 4.39 Å². The van der Waals surface area contributed by atoms with Crippen LogP contribution in [-0.4, -0.2) is 37.5 Å². The van der Waals surface area contributed by atoms with E-state index in [1.807, 2.05) is 18.2 Å². The summed E-state index contributed by atoms with van der Waals surface area (Å²) in [5, 5.41) is 6.51. The summed E-state index contributed by atoms with van der Waals surface area (Å²) in [7, 11) is 1.71.